The van der Waals surface area contributed by atoms with Crippen molar-refractivity contribution >= 4 is 5.91 Å². The van der Waals surface area contributed by atoms with E-state index in [1.165, 1.54) is 0 Å². The van der Waals surface area contributed by atoms with Crippen molar-refractivity contribution < 1.29 is 9.53 Å². The van der Waals surface area contributed by atoms with Crippen LogP contribution >= 0.6 is 0 Å². The number of hydrogen-bond acceptors (Lipinski definition) is 4. The van der Waals surface area contributed by atoms with Crippen LogP contribution < -0.4 is 10.1 Å². The Morgan fingerprint density at radius 1 is 1.13 bits per heavy atom. The third kappa shape index (κ3) is 3.55. The van der Waals surface area contributed by atoms with Gasteiger partial charge >= 0.3 is 0 Å². The second-order valence-corrected chi connectivity index (χ2v) is 4.90. The van der Waals surface area contributed by atoms with Crippen molar-refractivity contribution in [2.75, 3.05) is 7.11 Å². The monoisotopic (exact) mass is 308 g/mol. The molecule has 0 aliphatic rings. The molecule has 116 valence electrons. The van der Waals surface area contributed by atoms with Crippen LogP contribution in [0, 0.1) is 0 Å². The molecule has 0 fully saturated rings. The number of ether oxygens (including phenoxy) is 1. The lowest BCUT2D eigenvalue weighted by Gasteiger charge is -2.03. The first kappa shape index (κ1) is 14.8. The third-order valence-corrected chi connectivity index (χ3v) is 3.34. The van der Waals surface area contributed by atoms with Gasteiger partial charge in [-0.05, 0) is 36.4 Å². The summed E-state index contributed by atoms with van der Waals surface area (Å²) in [7, 11) is 1.62. The zero-order valence-corrected chi connectivity index (χ0v) is 12.6. The standard InChI is InChI=1S/C17H16N4O2/c1-23-16-9-7-15(8-10-16)21-12-14(19-20-21)11-18-17(22)13-5-3-2-4-6-13/h2-10,12H,11H2,1H3,(H,18,22). The van der Waals surface area contributed by atoms with Gasteiger partial charge in [0.15, 0.2) is 0 Å². The predicted molar refractivity (Wildman–Crippen MR) is 85.5 cm³/mol. The van der Waals surface area contributed by atoms with Crippen molar-refractivity contribution in [1.82, 2.24) is 20.3 Å². The summed E-state index contributed by atoms with van der Waals surface area (Å²) in [5, 5.41) is 11.0. The van der Waals surface area contributed by atoms with Gasteiger partial charge in [-0.15, -0.1) is 5.10 Å². The molecule has 0 spiro atoms. The molecule has 1 amide bonds. The summed E-state index contributed by atoms with van der Waals surface area (Å²) >= 11 is 0. The highest BCUT2D eigenvalue weighted by Crippen LogP contribution is 2.14. The zero-order chi connectivity index (χ0) is 16.1. The van der Waals surface area contributed by atoms with Crippen LogP contribution in [0.1, 0.15) is 16.1 Å². The molecular formula is C17H16N4O2. The molecule has 2 aromatic carbocycles. The first-order chi connectivity index (χ1) is 11.3. The minimum absolute atomic E-state index is 0.135. The largest absolute Gasteiger partial charge is 0.497 e. The zero-order valence-electron chi connectivity index (χ0n) is 12.6. The van der Waals surface area contributed by atoms with Crippen LogP contribution in [0.2, 0.25) is 0 Å². The lowest BCUT2D eigenvalue weighted by molar-refractivity contribution is 0.0950. The molecule has 23 heavy (non-hydrogen) atoms. The fourth-order valence-corrected chi connectivity index (χ4v) is 2.10. The summed E-state index contributed by atoms with van der Waals surface area (Å²) in [5.41, 5.74) is 2.18. The Balaban J connectivity index is 1.64. The number of rotatable bonds is 5. The van der Waals surface area contributed by atoms with E-state index >= 15 is 0 Å². The van der Waals surface area contributed by atoms with Crippen molar-refractivity contribution in [1.29, 1.82) is 0 Å². The minimum Gasteiger partial charge on any atom is -0.497 e. The van der Waals surface area contributed by atoms with Gasteiger partial charge in [0.25, 0.3) is 5.91 Å². The molecule has 0 radical (unpaired) electrons. The average Bonchev–Trinajstić information content (AvgIpc) is 3.09. The van der Waals surface area contributed by atoms with E-state index in [0.717, 1.165) is 11.4 Å². The van der Waals surface area contributed by atoms with Crippen molar-refractivity contribution in [2.24, 2.45) is 0 Å². The van der Waals surface area contributed by atoms with E-state index in [-0.39, 0.29) is 5.91 Å². The van der Waals surface area contributed by atoms with Gasteiger partial charge in [-0.3, -0.25) is 4.79 Å². The normalized spacial score (nSPS) is 10.3. The molecule has 0 saturated carbocycles. The summed E-state index contributed by atoms with van der Waals surface area (Å²) in [6.07, 6.45) is 1.78. The van der Waals surface area contributed by atoms with Gasteiger partial charge < -0.3 is 10.1 Å². The summed E-state index contributed by atoms with van der Waals surface area (Å²) in [4.78, 5) is 12.0. The molecule has 0 aliphatic heterocycles. The molecule has 1 heterocycles. The van der Waals surface area contributed by atoms with Crippen molar-refractivity contribution in [3.8, 4) is 11.4 Å². The van der Waals surface area contributed by atoms with Crippen LogP contribution in [0.5, 0.6) is 5.75 Å². The number of carbonyl (C=O) groups is 1. The van der Waals surface area contributed by atoms with Gasteiger partial charge in [0.2, 0.25) is 0 Å². The molecule has 0 aliphatic carbocycles. The van der Waals surface area contributed by atoms with E-state index in [0.29, 0.717) is 17.8 Å². The highest BCUT2D eigenvalue weighted by molar-refractivity contribution is 5.94. The van der Waals surface area contributed by atoms with Crippen LogP contribution in [-0.4, -0.2) is 28.0 Å². The van der Waals surface area contributed by atoms with E-state index < -0.39 is 0 Å². The Morgan fingerprint density at radius 3 is 2.57 bits per heavy atom. The van der Waals surface area contributed by atoms with Gasteiger partial charge in [0.1, 0.15) is 11.4 Å². The van der Waals surface area contributed by atoms with Gasteiger partial charge in [-0.1, -0.05) is 23.4 Å². The first-order valence-corrected chi connectivity index (χ1v) is 7.15. The van der Waals surface area contributed by atoms with Gasteiger partial charge in [-0.25, -0.2) is 4.68 Å². The van der Waals surface area contributed by atoms with E-state index in [1.54, 1.807) is 30.1 Å². The van der Waals surface area contributed by atoms with E-state index in [1.807, 2.05) is 42.5 Å². The molecular weight excluding hydrogens is 292 g/mol. The smallest absolute Gasteiger partial charge is 0.251 e. The Bertz CT molecular complexity index is 782. The number of benzene rings is 2. The number of hydrogen-bond donors (Lipinski definition) is 1. The van der Waals surface area contributed by atoms with Crippen molar-refractivity contribution in [3.05, 3.63) is 72.1 Å². The first-order valence-electron chi connectivity index (χ1n) is 7.15. The van der Waals surface area contributed by atoms with Crippen LogP contribution in [0.4, 0.5) is 0 Å². The topological polar surface area (TPSA) is 69.0 Å². The van der Waals surface area contributed by atoms with Crippen LogP contribution in [-0.2, 0) is 6.54 Å². The van der Waals surface area contributed by atoms with Gasteiger partial charge in [-0.2, -0.15) is 0 Å². The summed E-state index contributed by atoms with van der Waals surface area (Å²) in [6.45, 7) is 0.323. The predicted octanol–water partition coefficient (Wildman–Crippen LogP) is 2.21. The number of nitrogens with one attached hydrogen (secondary N) is 1. The van der Waals surface area contributed by atoms with E-state index in [2.05, 4.69) is 15.6 Å². The molecule has 0 unspecified atom stereocenters. The number of amides is 1. The molecule has 6 heteroatoms. The highest BCUT2D eigenvalue weighted by atomic mass is 16.5. The van der Waals surface area contributed by atoms with E-state index in [9.17, 15) is 4.79 Å². The Kier molecular flexibility index (Phi) is 4.33. The molecule has 6 nitrogen and oxygen atoms in total. The van der Waals surface area contributed by atoms with Crippen molar-refractivity contribution in [3.63, 3.8) is 0 Å². The maximum absolute atomic E-state index is 12.0. The maximum Gasteiger partial charge on any atom is 0.251 e. The SMILES string of the molecule is COc1ccc(-n2cc(CNC(=O)c3ccccc3)nn2)cc1. The Hall–Kier alpha value is -3.15. The Labute approximate surface area is 133 Å². The van der Waals surface area contributed by atoms with E-state index in [4.69, 9.17) is 4.74 Å². The van der Waals surface area contributed by atoms with Crippen LogP contribution in [0.15, 0.2) is 60.8 Å². The number of methoxy groups -OCH3 is 1. The quantitative estimate of drug-likeness (QED) is 0.784. The molecule has 0 bridgehead atoms. The summed E-state index contributed by atoms with van der Waals surface area (Å²) in [5.74, 6) is 0.647. The maximum atomic E-state index is 12.0. The molecule has 0 saturated heterocycles. The Morgan fingerprint density at radius 2 is 1.87 bits per heavy atom. The lowest BCUT2D eigenvalue weighted by Crippen LogP contribution is -2.22. The number of carbonyl (C=O) groups excluding carboxylic acids is 1. The third-order valence-electron chi connectivity index (χ3n) is 3.34. The van der Waals surface area contributed by atoms with Gasteiger partial charge in [0.05, 0.1) is 25.5 Å². The second-order valence-electron chi connectivity index (χ2n) is 4.90. The van der Waals surface area contributed by atoms with Crippen LogP contribution in [0.25, 0.3) is 5.69 Å². The molecule has 3 aromatic rings. The summed E-state index contributed by atoms with van der Waals surface area (Å²) < 4.78 is 6.78. The molecule has 1 N–H and O–H groups in total. The highest BCUT2D eigenvalue weighted by Gasteiger charge is 2.07. The molecule has 1 aromatic heterocycles. The lowest BCUT2D eigenvalue weighted by atomic mass is 10.2. The fraction of sp³-hybridized carbons (Fsp3) is 0.118. The average molecular weight is 308 g/mol. The molecule has 0 atom stereocenters. The summed E-state index contributed by atoms with van der Waals surface area (Å²) in [6, 6.07) is 16.6. The number of nitrogens with zero attached hydrogens (tertiary/aromatic N) is 3. The second kappa shape index (κ2) is 6.74. The van der Waals surface area contributed by atoms with Crippen LogP contribution in [0.3, 0.4) is 0 Å². The van der Waals surface area contributed by atoms with Crippen molar-refractivity contribution in [2.45, 2.75) is 6.54 Å². The number of aromatic nitrogens is 3. The molecule has 3 rings (SSSR count). The van der Waals surface area contributed by atoms with Gasteiger partial charge in [0, 0.05) is 5.56 Å². The fourth-order valence-electron chi connectivity index (χ4n) is 2.10. The minimum atomic E-state index is -0.135.